The van der Waals surface area contributed by atoms with E-state index < -0.39 is 5.60 Å². The Hall–Kier alpha value is -3.11. The van der Waals surface area contributed by atoms with Crippen LogP contribution in [0.15, 0.2) is 71.8 Å². The van der Waals surface area contributed by atoms with Crippen LogP contribution in [-0.2, 0) is 14.4 Å². The van der Waals surface area contributed by atoms with E-state index in [1.807, 2.05) is 86.7 Å². The Bertz CT molecular complexity index is 937. The van der Waals surface area contributed by atoms with Crippen molar-refractivity contribution in [2.24, 2.45) is 5.92 Å². The fourth-order valence-electron chi connectivity index (χ4n) is 3.52. The molecule has 0 saturated heterocycles. The fraction of sp³-hybridized carbons (Fsp3) is 0.441. The number of hydrogen-bond donors (Lipinski definition) is 1. The fourth-order valence-corrected chi connectivity index (χ4v) is 3.52. The van der Waals surface area contributed by atoms with E-state index in [0.717, 1.165) is 73.2 Å². The zero-order valence-corrected chi connectivity index (χ0v) is 24.1. The van der Waals surface area contributed by atoms with Crippen LogP contribution in [0, 0.1) is 5.92 Å². The second-order valence-electron chi connectivity index (χ2n) is 10.3. The molecular formula is C34H48O4. The van der Waals surface area contributed by atoms with Gasteiger partial charge in [-0.1, -0.05) is 100 Å². The highest BCUT2D eigenvalue weighted by Gasteiger charge is 2.12. The zero-order chi connectivity index (χ0) is 28.7. The number of benzene rings is 2. The Morgan fingerprint density at radius 2 is 1.39 bits per heavy atom. The predicted octanol–water partition coefficient (Wildman–Crippen LogP) is 8.29. The van der Waals surface area contributed by atoms with Gasteiger partial charge in [-0.3, -0.25) is 9.59 Å². The van der Waals surface area contributed by atoms with Gasteiger partial charge < -0.3 is 9.90 Å². The molecule has 38 heavy (non-hydrogen) atoms. The zero-order valence-electron chi connectivity index (χ0n) is 24.1. The lowest BCUT2D eigenvalue weighted by Crippen LogP contribution is -2.18. The second-order valence-corrected chi connectivity index (χ2v) is 10.3. The van der Waals surface area contributed by atoms with Crippen molar-refractivity contribution in [3.63, 3.8) is 0 Å². The summed E-state index contributed by atoms with van der Waals surface area (Å²) in [4.78, 5) is 31.2. The van der Waals surface area contributed by atoms with Crippen molar-refractivity contribution in [3.8, 4) is 0 Å². The SMILES string of the molecule is C/C(C=O)=C\c1ccccc1.CC(CC=O)CCCC(C)(C)O.CCCCC/C(C=O)=C\c1ccccc1. The number of aldehydes is 3. The number of hydrogen-bond acceptors (Lipinski definition) is 4. The standard InChI is InChI=1S/C14H18O.C10H20O2.C10H10O/c1-2-3-5-10-14(12-15)11-13-8-6-4-7-9-13;1-9(6-8-11)5-4-7-10(2,3)12;1-9(8-11)7-10-5-3-2-4-6-10/h4,6-9,11-12H,2-3,5,10H2,1H3;8-9,12H,4-7H2,1-3H3;2-8H,1H3/b14-11+;;9-7+. The molecule has 208 valence electrons. The van der Waals surface area contributed by atoms with Crippen LogP contribution in [0.25, 0.3) is 12.2 Å². The number of carbonyl (C=O) groups is 3. The van der Waals surface area contributed by atoms with Crippen LogP contribution >= 0.6 is 0 Å². The van der Waals surface area contributed by atoms with Crippen LogP contribution < -0.4 is 0 Å². The maximum atomic E-state index is 10.8. The van der Waals surface area contributed by atoms with Crippen LogP contribution in [-0.4, -0.2) is 29.6 Å². The lowest BCUT2D eigenvalue weighted by Gasteiger charge is -2.17. The number of allylic oxidation sites excluding steroid dienone is 2. The van der Waals surface area contributed by atoms with Gasteiger partial charge in [-0.05, 0) is 80.4 Å². The molecule has 1 N–H and O–H groups in total. The Balaban J connectivity index is 0.000000549. The second kappa shape index (κ2) is 21.9. The summed E-state index contributed by atoms with van der Waals surface area (Å²) in [7, 11) is 0. The van der Waals surface area contributed by atoms with E-state index in [-0.39, 0.29) is 0 Å². The molecule has 0 saturated carbocycles. The van der Waals surface area contributed by atoms with Crippen molar-refractivity contribution in [1.29, 1.82) is 0 Å². The normalized spacial score (nSPS) is 12.3. The van der Waals surface area contributed by atoms with Gasteiger partial charge in [0.1, 0.15) is 18.9 Å². The first kappa shape index (κ1) is 34.9. The molecule has 0 radical (unpaired) electrons. The smallest absolute Gasteiger partial charge is 0.146 e. The molecule has 2 aromatic rings. The molecule has 0 aromatic heterocycles. The summed E-state index contributed by atoms with van der Waals surface area (Å²) in [6.45, 7) is 9.66. The van der Waals surface area contributed by atoms with Gasteiger partial charge in [-0.2, -0.15) is 0 Å². The molecule has 4 nitrogen and oxygen atoms in total. The molecule has 0 aliphatic rings. The van der Waals surface area contributed by atoms with Gasteiger partial charge in [-0.15, -0.1) is 0 Å². The van der Waals surface area contributed by atoms with Crippen molar-refractivity contribution in [2.45, 2.75) is 91.6 Å². The molecule has 0 aliphatic carbocycles. The summed E-state index contributed by atoms with van der Waals surface area (Å²) < 4.78 is 0. The van der Waals surface area contributed by atoms with Crippen LogP contribution in [0.1, 0.15) is 97.1 Å². The van der Waals surface area contributed by atoms with E-state index in [9.17, 15) is 19.5 Å². The minimum atomic E-state index is -0.555. The average molecular weight is 521 g/mol. The maximum Gasteiger partial charge on any atom is 0.146 e. The highest BCUT2D eigenvalue weighted by Crippen LogP contribution is 2.16. The lowest BCUT2D eigenvalue weighted by molar-refractivity contribution is -0.108. The molecule has 0 bridgehead atoms. The average Bonchev–Trinajstić information content (AvgIpc) is 2.89. The highest BCUT2D eigenvalue weighted by atomic mass is 16.3. The summed E-state index contributed by atoms with van der Waals surface area (Å²) in [6, 6.07) is 19.8. The molecule has 0 fully saturated rings. The summed E-state index contributed by atoms with van der Waals surface area (Å²) in [5.74, 6) is 0.463. The summed E-state index contributed by atoms with van der Waals surface area (Å²) in [5, 5.41) is 9.39. The van der Waals surface area contributed by atoms with Crippen LogP contribution in [0.5, 0.6) is 0 Å². The van der Waals surface area contributed by atoms with Gasteiger partial charge in [0.2, 0.25) is 0 Å². The van der Waals surface area contributed by atoms with Crippen LogP contribution in [0.2, 0.25) is 0 Å². The Labute approximate surface area is 230 Å². The maximum absolute atomic E-state index is 10.8. The van der Waals surface area contributed by atoms with Crippen molar-refractivity contribution < 1.29 is 19.5 Å². The molecule has 4 heteroatoms. The summed E-state index contributed by atoms with van der Waals surface area (Å²) in [6.07, 6.45) is 14.5. The third kappa shape index (κ3) is 21.0. The lowest BCUT2D eigenvalue weighted by atomic mass is 9.96. The van der Waals surface area contributed by atoms with E-state index in [4.69, 9.17) is 0 Å². The molecule has 1 unspecified atom stereocenters. The molecular weight excluding hydrogens is 472 g/mol. The van der Waals surface area contributed by atoms with Crippen molar-refractivity contribution in [3.05, 3.63) is 82.9 Å². The van der Waals surface area contributed by atoms with Crippen molar-refractivity contribution >= 4 is 31.0 Å². The minimum Gasteiger partial charge on any atom is -0.390 e. The van der Waals surface area contributed by atoms with Gasteiger partial charge in [0, 0.05) is 6.42 Å². The molecule has 0 spiro atoms. The van der Waals surface area contributed by atoms with Gasteiger partial charge in [0.15, 0.2) is 0 Å². The minimum absolute atomic E-state index is 0.463. The monoisotopic (exact) mass is 520 g/mol. The van der Waals surface area contributed by atoms with E-state index in [1.54, 1.807) is 6.92 Å². The Kier molecular flexibility index (Phi) is 20.1. The van der Waals surface area contributed by atoms with Crippen LogP contribution in [0.4, 0.5) is 0 Å². The van der Waals surface area contributed by atoms with E-state index in [1.165, 1.54) is 12.8 Å². The Morgan fingerprint density at radius 3 is 1.84 bits per heavy atom. The number of carbonyl (C=O) groups excluding carboxylic acids is 3. The van der Waals surface area contributed by atoms with E-state index >= 15 is 0 Å². The van der Waals surface area contributed by atoms with Crippen LogP contribution in [0.3, 0.4) is 0 Å². The number of aliphatic hydroxyl groups is 1. The molecule has 0 heterocycles. The molecule has 1 atom stereocenters. The van der Waals surface area contributed by atoms with Gasteiger partial charge >= 0.3 is 0 Å². The number of rotatable bonds is 14. The number of unbranched alkanes of at least 4 members (excludes halogenated alkanes) is 2. The van der Waals surface area contributed by atoms with Gasteiger partial charge in [0.25, 0.3) is 0 Å². The predicted molar refractivity (Wildman–Crippen MR) is 161 cm³/mol. The Morgan fingerprint density at radius 1 is 0.842 bits per heavy atom. The first-order chi connectivity index (χ1) is 18.1. The summed E-state index contributed by atoms with van der Waals surface area (Å²) >= 11 is 0. The van der Waals surface area contributed by atoms with Crippen molar-refractivity contribution in [1.82, 2.24) is 0 Å². The third-order valence-electron chi connectivity index (χ3n) is 5.74. The topological polar surface area (TPSA) is 71.4 Å². The molecule has 0 aliphatic heterocycles. The van der Waals surface area contributed by atoms with Crippen molar-refractivity contribution in [2.75, 3.05) is 0 Å². The highest BCUT2D eigenvalue weighted by molar-refractivity contribution is 5.81. The first-order valence-electron chi connectivity index (χ1n) is 13.7. The quantitative estimate of drug-likeness (QED) is 0.154. The molecule has 2 rings (SSSR count). The van der Waals surface area contributed by atoms with Gasteiger partial charge in [-0.25, -0.2) is 0 Å². The third-order valence-corrected chi connectivity index (χ3v) is 5.74. The van der Waals surface area contributed by atoms with E-state index in [0.29, 0.717) is 12.3 Å². The molecule has 0 amide bonds. The van der Waals surface area contributed by atoms with E-state index in [2.05, 4.69) is 13.8 Å². The molecule has 2 aromatic carbocycles. The largest absolute Gasteiger partial charge is 0.390 e. The first-order valence-corrected chi connectivity index (χ1v) is 13.7. The van der Waals surface area contributed by atoms with Gasteiger partial charge in [0.05, 0.1) is 5.60 Å². The summed E-state index contributed by atoms with van der Waals surface area (Å²) in [5.41, 5.74) is 3.26.